The molecule has 0 aliphatic heterocycles. The Morgan fingerprint density at radius 1 is 1.07 bits per heavy atom. The molecule has 1 aliphatic carbocycles. The minimum atomic E-state index is -1.89. The second-order valence-corrected chi connectivity index (χ2v) is 7.98. The van der Waals surface area contributed by atoms with Crippen molar-refractivity contribution in [2.75, 3.05) is 0 Å². The fourth-order valence-corrected chi connectivity index (χ4v) is 3.60. The highest BCUT2D eigenvalue weighted by atomic mass is 19.1. The lowest BCUT2D eigenvalue weighted by Crippen LogP contribution is -2.55. The summed E-state index contributed by atoms with van der Waals surface area (Å²) >= 11 is 0. The van der Waals surface area contributed by atoms with Crippen LogP contribution in [0.15, 0.2) is 24.3 Å². The molecule has 1 saturated carbocycles. The number of ether oxygens (including phenoxy) is 2. The molecule has 6 nitrogen and oxygen atoms in total. The molecule has 0 radical (unpaired) electrons. The zero-order valence-electron chi connectivity index (χ0n) is 16.8. The SMILES string of the molecule is CC(C)OC(=O)[C@H]1C(=O)[C@@](C)(O)C[C@@H](C(=O)OC(C)C)[C@@H]1c1ccc(F)cc1. The summed E-state index contributed by atoms with van der Waals surface area (Å²) in [6.07, 6.45) is -1.10. The van der Waals surface area contributed by atoms with Crippen molar-refractivity contribution in [2.45, 2.75) is 64.8 Å². The molecular formula is C21H27FO6. The van der Waals surface area contributed by atoms with Crippen molar-refractivity contribution in [1.29, 1.82) is 0 Å². The van der Waals surface area contributed by atoms with E-state index in [1.165, 1.54) is 31.2 Å². The monoisotopic (exact) mass is 394 g/mol. The number of carbonyl (C=O) groups excluding carboxylic acids is 3. The molecule has 0 spiro atoms. The van der Waals surface area contributed by atoms with E-state index in [1.807, 2.05) is 0 Å². The van der Waals surface area contributed by atoms with Crippen LogP contribution in [0.2, 0.25) is 0 Å². The number of ketones is 1. The number of hydrogen-bond donors (Lipinski definition) is 1. The molecule has 0 amide bonds. The van der Waals surface area contributed by atoms with E-state index in [4.69, 9.17) is 9.47 Å². The molecule has 1 fully saturated rings. The Morgan fingerprint density at radius 2 is 1.57 bits per heavy atom. The van der Waals surface area contributed by atoms with Crippen molar-refractivity contribution in [3.8, 4) is 0 Å². The summed E-state index contributed by atoms with van der Waals surface area (Å²) in [6.45, 7) is 7.92. The highest BCUT2D eigenvalue weighted by Crippen LogP contribution is 2.45. The lowest BCUT2D eigenvalue weighted by Gasteiger charge is -2.42. The number of benzene rings is 1. The van der Waals surface area contributed by atoms with Crippen LogP contribution < -0.4 is 0 Å². The van der Waals surface area contributed by atoms with Gasteiger partial charge in [-0.2, -0.15) is 0 Å². The van der Waals surface area contributed by atoms with Crippen molar-refractivity contribution >= 4 is 17.7 Å². The molecule has 0 aromatic heterocycles. The predicted octanol–water partition coefficient (Wildman–Crippen LogP) is 2.77. The summed E-state index contributed by atoms with van der Waals surface area (Å²) in [7, 11) is 0. The molecule has 2 rings (SSSR count). The lowest BCUT2D eigenvalue weighted by molar-refractivity contribution is -0.173. The fourth-order valence-electron chi connectivity index (χ4n) is 3.60. The molecule has 1 aromatic rings. The van der Waals surface area contributed by atoms with Gasteiger partial charge in [-0.05, 0) is 58.7 Å². The quantitative estimate of drug-likeness (QED) is 0.610. The Morgan fingerprint density at radius 3 is 2.07 bits per heavy atom. The van der Waals surface area contributed by atoms with Crippen molar-refractivity contribution < 1.29 is 33.4 Å². The zero-order chi connectivity index (χ0) is 21.2. The Hall–Kier alpha value is -2.28. The summed E-state index contributed by atoms with van der Waals surface area (Å²) in [5, 5.41) is 10.6. The maximum Gasteiger partial charge on any atom is 0.317 e. The number of carbonyl (C=O) groups is 3. The van der Waals surface area contributed by atoms with Crippen molar-refractivity contribution in [3.05, 3.63) is 35.6 Å². The molecule has 0 saturated heterocycles. The van der Waals surface area contributed by atoms with Gasteiger partial charge in [0.25, 0.3) is 0 Å². The smallest absolute Gasteiger partial charge is 0.317 e. The van der Waals surface area contributed by atoms with Crippen LogP contribution in [0.3, 0.4) is 0 Å². The van der Waals surface area contributed by atoms with Crippen LogP contribution in [0.1, 0.15) is 52.5 Å². The average molecular weight is 394 g/mol. The third-order valence-electron chi connectivity index (χ3n) is 4.74. The van der Waals surface area contributed by atoms with Crippen molar-refractivity contribution in [3.63, 3.8) is 0 Å². The Labute approximate surface area is 164 Å². The van der Waals surface area contributed by atoms with E-state index in [2.05, 4.69) is 0 Å². The molecule has 0 unspecified atom stereocenters. The van der Waals surface area contributed by atoms with Gasteiger partial charge < -0.3 is 14.6 Å². The average Bonchev–Trinajstić information content (AvgIpc) is 2.56. The minimum Gasteiger partial charge on any atom is -0.463 e. The number of aliphatic hydroxyl groups is 1. The van der Waals surface area contributed by atoms with E-state index in [9.17, 15) is 23.9 Å². The predicted molar refractivity (Wildman–Crippen MR) is 98.8 cm³/mol. The third kappa shape index (κ3) is 4.76. The first-order valence-electron chi connectivity index (χ1n) is 9.37. The molecule has 0 bridgehead atoms. The molecule has 7 heteroatoms. The number of rotatable bonds is 5. The van der Waals surface area contributed by atoms with Crippen LogP contribution in [0.4, 0.5) is 4.39 Å². The third-order valence-corrected chi connectivity index (χ3v) is 4.74. The zero-order valence-corrected chi connectivity index (χ0v) is 16.8. The van der Waals surface area contributed by atoms with Crippen LogP contribution >= 0.6 is 0 Å². The maximum absolute atomic E-state index is 13.4. The van der Waals surface area contributed by atoms with Crippen LogP contribution in [-0.2, 0) is 23.9 Å². The van der Waals surface area contributed by atoms with E-state index >= 15 is 0 Å². The summed E-state index contributed by atoms with van der Waals surface area (Å²) in [5.74, 6) is -5.95. The topological polar surface area (TPSA) is 89.9 Å². The standard InChI is InChI=1S/C21H27FO6/c1-11(2)27-19(24)15-10-21(5,26)18(23)17(20(25)28-12(3)4)16(15)13-6-8-14(22)9-7-13/h6-9,11-12,15-17,26H,10H2,1-5H3/t15-,16+,17-,21+/m1/s1. The van der Waals surface area contributed by atoms with Gasteiger partial charge in [0.05, 0.1) is 18.1 Å². The molecule has 4 atom stereocenters. The van der Waals surface area contributed by atoms with E-state index < -0.39 is 59.1 Å². The number of Topliss-reactive ketones (excluding diaryl/α,β-unsaturated/α-hetero) is 1. The highest BCUT2D eigenvalue weighted by Gasteiger charge is 2.56. The molecular weight excluding hydrogens is 367 g/mol. The maximum atomic E-state index is 13.4. The van der Waals surface area contributed by atoms with Crippen molar-refractivity contribution in [2.24, 2.45) is 11.8 Å². The van der Waals surface area contributed by atoms with Crippen LogP contribution in [0.25, 0.3) is 0 Å². The van der Waals surface area contributed by atoms with E-state index in [0.29, 0.717) is 5.56 Å². The molecule has 1 aromatic carbocycles. The van der Waals surface area contributed by atoms with Gasteiger partial charge in [-0.25, -0.2) is 4.39 Å². The summed E-state index contributed by atoms with van der Waals surface area (Å²) in [5.41, 5.74) is -1.46. The van der Waals surface area contributed by atoms with Gasteiger partial charge in [-0.3, -0.25) is 14.4 Å². The van der Waals surface area contributed by atoms with Crippen LogP contribution in [-0.4, -0.2) is 40.6 Å². The largest absolute Gasteiger partial charge is 0.463 e. The number of hydrogen-bond acceptors (Lipinski definition) is 6. The molecule has 0 heterocycles. The summed E-state index contributed by atoms with van der Waals surface area (Å²) in [4.78, 5) is 38.5. The Balaban J connectivity index is 2.57. The van der Waals surface area contributed by atoms with Gasteiger partial charge in [0.15, 0.2) is 5.78 Å². The highest BCUT2D eigenvalue weighted by molar-refractivity contribution is 6.06. The number of esters is 2. The second kappa shape index (κ2) is 8.39. The molecule has 1 N–H and O–H groups in total. The summed E-state index contributed by atoms with van der Waals surface area (Å²) in [6, 6.07) is 5.25. The van der Waals surface area contributed by atoms with Gasteiger partial charge in [0.1, 0.15) is 17.3 Å². The van der Waals surface area contributed by atoms with Gasteiger partial charge in [0.2, 0.25) is 0 Å². The first-order valence-corrected chi connectivity index (χ1v) is 9.37. The Kier molecular flexibility index (Phi) is 6.59. The van der Waals surface area contributed by atoms with E-state index in [1.54, 1.807) is 27.7 Å². The lowest BCUT2D eigenvalue weighted by atomic mass is 9.63. The van der Waals surface area contributed by atoms with Gasteiger partial charge in [0, 0.05) is 5.92 Å². The normalized spacial score (nSPS) is 27.8. The minimum absolute atomic E-state index is 0.203. The van der Waals surface area contributed by atoms with Crippen molar-refractivity contribution in [1.82, 2.24) is 0 Å². The second-order valence-electron chi connectivity index (χ2n) is 7.98. The molecule has 28 heavy (non-hydrogen) atoms. The van der Waals surface area contributed by atoms with Gasteiger partial charge >= 0.3 is 11.9 Å². The van der Waals surface area contributed by atoms with Gasteiger partial charge in [-0.1, -0.05) is 12.1 Å². The molecule has 154 valence electrons. The van der Waals surface area contributed by atoms with E-state index in [0.717, 1.165) is 0 Å². The fraction of sp³-hybridized carbons (Fsp3) is 0.571. The molecule has 1 aliphatic rings. The van der Waals surface area contributed by atoms with Crippen LogP contribution in [0, 0.1) is 17.7 Å². The first kappa shape index (κ1) is 22.0. The van der Waals surface area contributed by atoms with Crippen LogP contribution in [0.5, 0.6) is 0 Å². The first-order chi connectivity index (χ1) is 12.9. The summed E-state index contributed by atoms with van der Waals surface area (Å²) < 4.78 is 24.0. The van der Waals surface area contributed by atoms with Gasteiger partial charge in [-0.15, -0.1) is 0 Å². The number of halogens is 1. The Bertz CT molecular complexity index is 738. The van der Waals surface area contributed by atoms with E-state index in [-0.39, 0.29) is 6.42 Å².